The molecule has 0 saturated heterocycles. The van der Waals surface area contributed by atoms with Crippen LogP contribution >= 0.6 is 22.7 Å². The van der Waals surface area contributed by atoms with Crippen LogP contribution in [0.4, 0.5) is 27.2 Å². The summed E-state index contributed by atoms with van der Waals surface area (Å²) in [6, 6.07) is 15.6. The highest BCUT2D eigenvalue weighted by Crippen LogP contribution is 2.39. The van der Waals surface area contributed by atoms with Crippen molar-refractivity contribution in [3.8, 4) is 5.75 Å². The molecule has 0 aliphatic rings. The first-order valence-corrected chi connectivity index (χ1v) is 18.4. The van der Waals surface area contributed by atoms with E-state index in [4.69, 9.17) is 14.2 Å². The lowest BCUT2D eigenvalue weighted by Gasteiger charge is -2.23. The average molecular weight is 717 g/mol. The second-order valence-corrected chi connectivity index (χ2v) is 13.3. The molecule has 0 bridgehead atoms. The number of fused-ring (bicyclic) bond motifs is 1. The Morgan fingerprint density at radius 1 is 0.800 bits per heavy atom. The minimum Gasteiger partial charge on any atom is -0.494 e. The Balaban J connectivity index is 1.17. The van der Waals surface area contributed by atoms with Gasteiger partial charge in [0.25, 0.3) is 0 Å². The van der Waals surface area contributed by atoms with Gasteiger partial charge in [0, 0.05) is 24.4 Å². The van der Waals surface area contributed by atoms with Crippen LogP contribution in [-0.4, -0.2) is 49.8 Å². The van der Waals surface area contributed by atoms with Gasteiger partial charge in [-0.25, -0.2) is 14.6 Å². The Morgan fingerprint density at radius 3 is 2.14 bits per heavy atom. The molecule has 0 aliphatic carbocycles. The van der Waals surface area contributed by atoms with Crippen LogP contribution in [0.1, 0.15) is 57.4 Å². The van der Waals surface area contributed by atoms with E-state index in [0.717, 1.165) is 81.6 Å². The molecule has 2 heterocycles. The van der Waals surface area contributed by atoms with Gasteiger partial charge in [0.1, 0.15) is 22.2 Å². The zero-order valence-electron chi connectivity index (χ0n) is 28.7. The molecule has 0 spiro atoms. The summed E-state index contributed by atoms with van der Waals surface area (Å²) in [6.45, 7) is 13.7. The molecule has 2 aromatic heterocycles. The van der Waals surface area contributed by atoms with Crippen molar-refractivity contribution in [2.45, 2.75) is 58.8 Å². The second kappa shape index (κ2) is 20.7. The van der Waals surface area contributed by atoms with E-state index >= 15 is 0 Å². The van der Waals surface area contributed by atoms with Gasteiger partial charge in [-0.1, -0.05) is 67.9 Å². The molecule has 50 heavy (non-hydrogen) atoms. The number of esters is 2. The molecule has 0 unspecified atom stereocenters. The fraction of sp³-hybridized carbons (Fsp3) is 0.378. The number of hydrogen-bond acceptors (Lipinski definition) is 13. The van der Waals surface area contributed by atoms with Gasteiger partial charge in [-0.3, -0.25) is 0 Å². The predicted molar refractivity (Wildman–Crippen MR) is 201 cm³/mol. The zero-order chi connectivity index (χ0) is 35.6. The van der Waals surface area contributed by atoms with Gasteiger partial charge in [-0.2, -0.15) is 0 Å². The summed E-state index contributed by atoms with van der Waals surface area (Å²) >= 11 is 2.91. The Hall–Kier alpha value is -4.75. The third-order valence-electron chi connectivity index (χ3n) is 7.58. The molecular formula is C37H44N6O5S2. The minimum atomic E-state index is -0.422. The van der Waals surface area contributed by atoms with Crippen LogP contribution in [0.15, 0.2) is 94.3 Å². The van der Waals surface area contributed by atoms with Gasteiger partial charge >= 0.3 is 11.9 Å². The van der Waals surface area contributed by atoms with Crippen LogP contribution in [-0.2, 0) is 19.1 Å². The monoisotopic (exact) mass is 716 g/mol. The summed E-state index contributed by atoms with van der Waals surface area (Å²) in [7, 11) is 0. The third-order valence-corrected chi connectivity index (χ3v) is 9.51. The van der Waals surface area contributed by atoms with Crippen molar-refractivity contribution >= 4 is 71.3 Å². The molecule has 0 radical (unpaired) electrons. The van der Waals surface area contributed by atoms with Crippen molar-refractivity contribution in [1.82, 2.24) is 4.98 Å². The molecule has 0 fully saturated rings. The molecule has 0 aliphatic heterocycles. The first-order chi connectivity index (χ1) is 24.4. The smallest absolute Gasteiger partial charge is 0.330 e. The number of ether oxygens (including phenoxy) is 3. The number of carbonyl (C=O) groups is 2. The van der Waals surface area contributed by atoms with Crippen LogP contribution in [0.25, 0.3) is 9.53 Å². The molecule has 0 saturated carbocycles. The molecule has 264 valence electrons. The molecule has 0 N–H and O–H groups in total. The van der Waals surface area contributed by atoms with Gasteiger partial charge in [-0.15, -0.1) is 20.5 Å². The average Bonchev–Trinajstić information content (AvgIpc) is 3.70. The number of anilines is 1. The summed E-state index contributed by atoms with van der Waals surface area (Å²) in [4.78, 5) is 29.9. The first kappa shape index (κ1) is 38.1. The first-order valence-electron chi connectivity index (χ1n) is 16.8. The number of benzene rings is 2. The van der Waals surface area contributed by atoms with Crippen LogP contribution in [0.5, 0.6) is 5.75 Å². The third kappa shape index (κ3) is 12.6. The summed E-state index contributed by atoms with van der Waals surface area (Å²) in [6.07, 6.45) is 9.95. The van der Waals surface area contributed by atoms with Gasteiger partial charge < -0.3 is 19.1 Å². The quantitative estimate of drug-likeness (QED) is 0.0343. The van der Waals surface area contributed by atoms with E-state index in [1.165, 1.54) is 47.7 Å². The fourth-order valence-electron chi connectivity index (χ4n) is 4.86. The Bertz CT molecular complexity index is 1730. The normalized spacial score (nSPS) is 11.3. The van der Waals surface area contributed by atoms with Crippen LogP contribution in [0, 0.1) is 6.92 Å². The molecule has 11 nitrogen and oxygen atoms in total. The van der Waals surface area contributed by atoms with E-state index < -0.39 is 5.97 Å². The number of aryl methyl sites for hydroxylation is 1. The molecule has 0 amide bonds. The number of carbonyl (C=O) groups excluding carboxylic acids is 2. The summed E-state index contributed by atoms with van der Waals surface area (Å²) in [5.74, 6) is 0.0447. The summed E-state index contributed by atoms with van der Waals surface area (Å²) in [5, 5.41) is 19.0. The Kier molecular flexibility index (Phi) is 15.7. The van der Waals surface area contributed by atoms with E-state index in [2.05, 4.69) is 56.5 Å². The van der Waals surface area contributed by atoms with E-state index in [-0.39, 0.29) is 12.6 Å². The number of azo groups is 2. The molecule has 4 rings (SSSR count). The zero-order valence-corrected chi connectivity index (χ0v) is 30.3. The number of rotatable bonds is 22. The highest BCUT2D eigenvalue weighted by atomic mass is 32.1. The maximum atomic E-state index is 11.3. The lowest BCUT2D eigenvalue weighted by atomic mass is 10.1. The van der Waals surface area contributed by atoms with Crippen molar-refractivity contribution in [3.63, 3.8) is 0 Å². The molecule has 0 atom stereocenters. The van der Waals surface area contributed by atoms with Crippen molar-refractivity contribution in [2.24, 2.45) is 20.5 Å². The highest BCUT2D eigenvalue weighted by Gasteiger charge is 2.10. The van der Waals surface area contributed by atoms with Crippen LogP contribution in [0.3, 0.4) is 0 Å². The Labute approximate surface area is 301 Å². The molecule has 4 aromatic rings. The van der Waals surface area contributed by atoms with Crippen molar-refractivity contribution in [2.75, 3.05) is 37.8 Å². The molecule has 2 aromatic carbocycles. The number of hydrogen-bond donors (Lipinski definition) is 0. The number of thiophene rings is 1. The highest BCUT2D eigenvalue weighted by molar-refractivity contribution is 7.30. The van der Waals surface area contributed by atoms with Gasteiger partial charge in [0.2, 0.25) is 5.13 Å². The summed E-state index contributed by atoms with van der Waals surface area (Å²) < 4.78 is 17.0. The van der Waals surface area contributed by atoms with Crippen LogP contribution in [0.2, 0.25) is 0 Å². The van der Waals surface area contributed by atoms with E-state index in [9.17, 15) is 9.59 Å². The molecular weight excluding hydrogens is 673 g/mol. The number of aromatic nitrogens is 1. The maximum absolute atomic E-state index is 11.3. The van der Waals surface area contributed by atoms with Gasteiger partial charge in [0.15, 0.2) is 0 Å². The van der Waals surface area contributed by atoms with Crippen LogP contribution < -0.4 is 9.64 Å². The number of thiazole rings is 1. The minimum absolute atomic E-state index is 0.289. The SMILES string of the molecule is C=CC(=O)OCCCCCCCCCOc1ccc(/N=N/c2cc3sc(/N=N/c4ccc(N(CC)CCOC(=O)C=C)cc4C)nc3s2)cc1. The van der Waals surface area contributed by atoms with Gasteiger partial charge in [0.05, 0.1) is 35.8 Å². The topological polar surface area (TPSA) is 127 Å². The van der Waals surface area contributed by atoms with E-state index in [0.29, 0.717) is 24.9 Å². The predicted octanol–water partition coefficient (Wildman–Crippen LogP) is 10.9. The van der Waals surface area contributed by atoms with Crippen molar-refractivity contribution in [3.05, 3.63) is 79.4 Å². The second-order valence-electron chi connectivity index (χ2n) is 11.3. The standard InChI is InChI=1S/C37H44N6O5S2/c1-5-34(44)47-23-14-12-10-8-9-11-13-22-46-30-18-15-28(16-19-30)39-41-33-26-32-36(50-33)38-37(49-32)42-40-31-20-17-29(25-27(31)4)43(7-3)21-24-48-35(45)6-2/h5-6,15-20,25-26H,1-2,7-14,21-24H2,3-4H3/b41-39+,42-40+. The lowest BCUT2D eigenvalue weighted by molar-refractivity contribution is -0.138. The number of nitrogens with zero attached hydrogens (tertiary/aromatic N) is 6. The fourth-order valence-corrected chi connectivity index (χ4v) is 6.71. The van der Waals surface area contributed by atoms with E-state index in [1.54, 1.807) is 0 Å². The number of likely N-dealkylation sites (N-methyl/N-ethyl adjacent to an activating group) is 1. The van der Waals surface area contributed by atoms with Crippen molar-refractivity contribution in [1.29, 1.82) is 0 Å². The lowest BCUT2D eigenvalue weighted by Crippen LogP contribution is -2.27. The van der Waals surface area contributed by atoms with Crippen molar-refractivity contribution < 1.29 is 23.8 Å². The number of unbranched alkanes of at least 4 members (excludes halogenated alkanes) is 6. The largest absolute Gasteiger partial charge is 0.494 e. The van der Waals surface area contributed by atoms with Gasteiger partial charge in [-0.05, 0) is 80.8 Å². The molecule has 13 heteroatoms. The summed E-state index contributed by atoms with van der Waals surface area (Å²) in [5.41, 5.74) is 3.51. The Morgan fingerprint density at radius 2 is 1.48 bits per heavy atom. The van der Waals surface area contributed by atoms with E-state index in [1.807, 2.05) is 49.4 Å². The maximum Gasteiger partial charge on any atom is 0.330 e.